The summed E-state index contributed by atoms with van der Waals surface area (Å²) in [5.74, 6) is -9.67. The van der Waals surface area contributed by atoms with E-state index in [9.17, 15) is 43.9 Å². The van der Waals surface area contributed by atoms with Gasteiger partial charge in [-0.25, -0.2) is 8.42 Å². The molecule has 1 amide bonds. The van der Waals surface area contributed by atoms with Crippen LogP contribution in [0.2, 0.25) is 0 Å². The monoisotopic (exact) mass is 532 g/mol. The molecule has 0 unspecified atom stereocenters. The Bertz CT molecular complexity index is 1230. The topological polar surface area (TPSA) is 115 Å². The van der Waals surface area contributed by atoms with Crippen LogP contribution in [0, 0.1) is 0 Å². The Hall–Kier alpha value is -2.79. The largest absolute Gasteiger partial charge is 0.463 e. The summed E-state index contributed by atoms with van der Waals surface area (Å²) < 4.78 is 127. The summed E-state index contributed by atoms with van der Waals surface area (Å²) in [6, 6.07) is 1.08. The highest BCUT2D eigenvalue weighted by Gasteiger charge is 2.64. The summed E-state index contributed by atoms with van der Waals surface area (Å²) in [6.45, 7) is -0.828. The minimum atomic E-state index is -6.15. The number of nitrogens with zero attached hydrogens (tertiary/aromatic N) is 3. The van der Waals surface area contributed by atoms with Gasteiger partial charge in [0.25, 0.3) is 5.89 Å². The van der Waals surface area contributed by atoms with Crippen LogP contribution in [0.4, 0.5) is 30.7 Å². The second-order valence-corrected chi connectivity index (χ2v) is 9.56. The summed E-state index contributed by atoms with van der Waals surface area (Å²) in [5, 5.41) is 8.17. The Morgan fingerprint density at radius 1 is 1.17 bits per heavy atom. The molecule has 1 fully saturated rings. The van der Waals surface area contributed by atoms with Gasteiger partial charge in [0.05, 0.1) is 23.6 Å². The van der Waals surface area contributed by atoms with Crippen molar-refractivity contribution in [3.8, 4) is 11.5 Å². The maximum atomic E-state index is 13.4. The lowest BCUT2D eigenvalue weighted by molar-refractivity contribution is -0.270. The minimum absolute atomic E-state index is 0.00947. The van der Waals surface area contributed by atoms with Gasteiger partial charge in [0.1, 0.15) is 0 Å². The summed E-state index contributed by atoms with van der Waals surface area (Å²) >= 11 is 0. The molecule has 17 heteroatoms. The van der Waals surface area contributed by atoms with Crippen molar-refractivity contribution in [3.63, 3.8) is 0 Å². The van der Waals surface area contributed by atoms with Crippen molar-refractivity contribution >= 4 is 15.9 Å². The molecule has 0 saturated carbocycles. The first kappa shape index (κ1) is 25.3. The van der Waals surface area contributed by atoms with Crippen LogP contribution in [0.15, 0.2) is 27.5 Å². The van der Waals surface area contributed by atoms with Crippen molar-refractivity contribution in [3.05, 3.63) is 29.7 Å². The van der Waals surface area contributed by atoms with Crippen LogP contribution in [0.3, 0.4) is 0 Å². The molecule has 2 atom stereocenters. The standard InChI is InChI=1S/C18H15F7N4O5S/c19-13(20)15-28-27-14(34-15)8-1-2-9-6-29(35(31,32)12(9)5-8)11-3-4-33-7-10(11)26-16(30)17(21,22)18(23,24)25/h1-2,5,10-11,13H,3-4,6-7H2,(H,26,30)/t10-,11-/m1/s1. The Labute approximate surface area is 192 Å². The van der Waals surface area contributed by atoms with E-state index >= 15 is 0 Å². The molecule has 1 saturated heterocycles. The van der Waals surface area contributed by atoms with E-state index in [1.807, 2.05) is 0 Å². The molecule has 1 aromatic heterocycles. The van der Waals surface area contributed by atoms with Gasteiger partial charge in [0, 0.05) is 18.7 Å². The number of hydrogen-bond acceptors (Lipinski definition) is 7. The fraction of sp³-hybridized carbons (Fsp3) is 0.500. The van der Waals surface area contributed by atoms with Crippen molar-refractivity contribution < 1.29 is 53.1 Å². The van der Waals surface area contributed by atoms with Gasteiger partial charge in [-0.15, -0.1) is 10.2 Å². The molecule has 9 nitrogen and oxygen atoms in total. The summed E-state index contributed by atoms with van der Waals surface area (Å²) in [5.41, 5.74) is 0.245. The first-order valence-electron chi connectivity index (χ1n) is 9.83. The lowest BCUT2D eigenvalue weighted by Crippen LogP contribution is -2.61. The molecule has 0 spiro atoms. The molecule has 1 N–H and O–H groups in total. The van der Waals surface area contributed by atoms with Crippen LogP contribution in [-0.2, 0) is 26.1 Å². The Morgan fingerprint density at radius 3 is 2.51 bits per heavy atom. The predicted molar refractivity (Wildman–Crippen MR) is 99.6 cm³/mol. The third-order valence-corrected chi connectivity index (χ3v) is 7.45. The maximum absolute atomic E-state index is 13.4. The van der Waals surface area contributed by atoms with Crippen LogP contribution in [0.5, 0.6) is 0 Å². The summed E-state index contributed by atoms with van der Waals surface area (Å²) in [6.07, 6.45) is -9.30. The second-order valence-electron chi connectivity index (χ2n) is 7.70. The van der Waals surface area contributed by atoms with Gasteiger partial charge >= 0.3 is 24.4 Å². The molecule has 192 valence electrons. The molecule has 1 aromatic carbocycles. The molecular weight excluding hydrogens is 517 g/mol. The molecule has 4 rings (SSSR count). The smallest absolute Gasteiger partial charge is 0.415 e. The normalized spacial score (nSPS) is 22.9. The van der Waals surface area contributed by atoms with Crippen LogP contribution in [-0.4, -0.2) is 66.2 Å². The van der Waals surface area contributed by atoms with E-state index in [4.69, 9.17) is 9.15 Å². The average Bonchev–Trinajstić information content (AvgIpc) is 3.36. The van der Waals surface area contributed by atoms with Gasteiger partial charge in [-0.1, -0.05) is 6.07 Å². The van der Waals surface area contributed by atoms with Gasteiger partial charge < -0.3 is 14.5 Å². The molecular formula is C18H15F7N4O5S. The molecule has 35 heavy (non-hydrogen) atoms. The molecule has 0 bridgehead atoms. The number of carbonyl (C=O) groups excluding carboxylic acids is 1. The van der Waals surface area contributed by atoms with E-state index in [2.05, 4.69) is 10.2 Å². The van der Waals surface area contributed by atoms with Crippen molar-refractivity contribution in [1.82, 2.24) is 19.8 Å². The fourth-order valence-electron chi connectivity index (χ4n) is 3.77. The highest BCUT2D eigenvalue weighted by molar-refractivity contribution is 7.89. The van der Waals surface area contributed by atoms with Crippen molar-refractivity contribution in [1.29, 1.82) is 0 Å². The van der Waals surface area contributed by atoms with E-state index in [-0.39, 0.29) is 41.5 Å². The Balaban J connectivity index is 1.60. The number of carbonyl (C=O) groups is 1. The quantitative estimate of drug-likeness (QED) is 0.589. The highest BCUT2D eigenvalue weighted by Crippen LogP contribution is 2.38. The number of hydrogen-bond donors (Lipinski definition) is 1. The number of nitrogens with one attached hydrogen (secondary N) is 1. The predicted octanol–water partition coefficient (Wildman–Crippen LogP) is 2.65. The second kappa shape index (κ2) is 8.70. The first-order valence-corrected chi connectivity index (χ1v) is 11.3. The van der Waals surface area contributed by atoms with Crippen LogP contribution >= 0.6 is 0 Å². The van der Waals surface area contributed by atoms with E-state index in [0.29, 0.717) is 0 Å². The van der Waals surface area contributed by atoms with E-state index < -0.39 is 59.0 Å². The van der Waals surface area contributed by atoms with Gasteiger partial charge in [-0.2, -0.15) is 35.0 Å². The number of alkyl halides is 7. The van der Waals surface area contributed by atoms with E-state index in [1.54, 1.807) is 5.32 Å². The third-order valence-electron chi connectivity index (χ3n) is 5.50. The summed E-state index contributed by atoms with van der Waals surface area (Å²) in [7, 11) is -4.34. The third kappa shape index (κ3) is 4.47. The fourth-order valence-corrected chi connectivity index (χ4v) is 5.68. The van der Waals surface area contributed by atoms with Gasteiger partial charge in [0.15, 0.2) is 0 Å². The zero-order chi connectivity index (χ0) is 25.8. The van der Waals surface area contributed by atoms with Gasteiger partial charge in [0.2, 0.25) is 15.9 Å². The van der Waals surface area contributed by atoms with Crippen LogP contribution in [0.25, 0.3) is 11.5 Å². The molecule has 2 aliphatic rings. The number of ether oxygens (including phenoxy) is 1. The molecule has 2 aromatic rings. The van der Waals surface area contributed by atoms with Gasteiger partial charge in [-0.3, -0.25) is 4.79 Å². The number of amides is 1. The van der Waals surface area contributed by atoms with Crippen molar-refractivity contribution in [2.45, 2.75) is 48.5 Å². The average molecular weight is 532 g/mol. The van der Waals surface area contributed by atoms with Crippen LogP contribution < -0.4 is 5.32 Å². The van der Waals surface area contributed by atoms with Crippen molar-refractivity contribution in [2.75, 3.05) is 13.2 Å². The summed E-state index contributed by atoms with van der Waals surface area (Å²) in [4.78, 5) is 11.4. The lowest BCUT2D eigenvalue weighted by Gasteiger charge is -2.37. The zero-order valence-corrected chi connectivity index (χ0v) is 18.0. The Kier molecular flexibility index (Phi) is 6.29. The molecule has 3 heterocycles. The maximum Gasteiger partial charge on any atom is 0.463 e. The van der Waals surface area contributed by atoms with Crippen molar-refractivity contribution in [2.24, 2.45) is 0 Å². The van der Waals surface area contributed by atoms with E-state index in [1.165, 1.54) is 12.1 Å². The number of halogens is 7. The van der Waals surface area contributed by atoms with E-state index in [0.717, 1.165) is 10.4 Å². The molecule has 0 aliphatic carbocycles. The first-order chi connectivity index (χ1) is 16.2. The molecule has 2 aliphatic heterocycles. The number of rotatable bonds is 5. The Morgan fingerprint density at radius 2 is 1.89 bits per heavy atom. The number of sulfonamides is 1. The number of benzene rings is 1. The number of fused-ring (bicyclic) bond motifs is 1. The number of aromatic nitrogens is 2. The molecule has 0 radical (unpaired) electrons. The SMILES string of the molecule is O=C(N[C@@H]1COCC[C@H]1N1Cc2ccc(-c3nnc(C(F)F)o3)cc2S1(=O)=O)C(F)(F)C(F)(F)F. The lowest BCUT2D eigenvalue weighted by atomic mass is 10.0. The van der Waals surface area contributed by atoms with Gasteiger partial charge in [-0.05, 0) is 24.1 Å². The minimum Gasteiger partial charge on any atom is -0.415 e. The zero-order valence-electron chi connectivity index (χ0n) is 17.2. The highest BCUT2D eigenvalue weighted by atomic mass is 32.2. The van der Waals surface area contributed by atoms with Crippen LogP contribution in [0.1, 0.15) is 24.3 Å².